The first-order valence-corrected chi connectivity index (χ1v) is 6.26. The van der Waals surface area contributed by atoms with Crippen LogP contribution in [0.5, 0.6) is 0 Å². The molecule has 4 nitrogen and oxygen atoms in total. The quantitative estimate of drug-likeness (QED) is 0.900. The molecule has 0 bridgehead atoms. The van der Waals surface area contributed by atoms with Crippen molar-refractivity contribution in [2.24, 2.45) is 0 Å². The molecule has 0 aromatic carbocycles. The van der Waals surface area contributed by atoms with Gasteiger partial charge in [0, 0.05) is 13.1 Å². The predicted molar refractivity (Wildman–Crippen MR) is 60.0 cm³/mol. The van der Waals surface area contributed by atoms with E-state index in [9.17, 15) is 9.50 Å². The van der Waals surface area contributed by atoms with Crippen molar-refractivity contribution in [1.82, 2.24) is 10.2 Å². The third-order valence-corrected chi connectivity index (χ3v) is 4.02. The van der Waals surface area contributed by atoms with E-state index in [4.69, 9.17) is 0 Å². The Morgan fingerprint density at radius 3 is 2.60 bits per heavy atom. The van der Waals surface area contributed by atoms with Crippen molar-refractivity contribution >= 4 is 32.4 Å². The lowest BCUT2D eigenvalue weighted by Crippen LogP contribution is -2.45. The summed E-state index contributed by atoms with van der Waals surface area (Å²) in [5, 5.41) is 18.4. The van der Waals surface area contributed by atoms with Gasteiger partial charge >= 0.3 is 0 Å². The van der Waals surface area contributed by atoms with Gasteiger partial charge in [0.25, 0.3) is 0 Å². The number of aromatic nitrogens is 2. The maximum Gasteiger partial charge on any atom is 0.209 e. The lowest BCUT2D eigenvalue weighted by molar-refractivity contribution is -0.00605. The Kier molecular flexibility index (Phi) is 3.22. The fourth-order valence-corrected chi connectivity index (χ4v) is 2.71. The van der Waals surface area contributed by atoms with Gasteiger partial charge in [0.2, 0.25) is 5.13 Å². The van der Waals surface area contributed by atoms with Crippen molar-refractivity contribution in [2.75, 3.05) is 24.7 Å². The van der Waals surface area contributed by atoms with Crippen LogP contribution in [0.15, 0.2) is 3.92 Å². The normalized spacial score (nSPS) is 20.6. The van der Waals surface area contributed by atoms with Gasteiger partial charge in [-0.15, -0.1) is 10.2 Å². The molecule has 15 heavy (non-hydrogen) atoms. The Bertz CT molecular complexity index is 340. The van der Waals surface area contributed by atoms with E-state index in [1.54, 1.807) is 0 Å². The smallest absolute Gasteiger partial charge is 0.209 e. The zero-order valence-electron chi connectivity index (χ0n) is 7.99. The second-order valence-electron chi connectivity index (χ2n) is 3.68. The Morgan fingerprint density at radius 2 is 2.13 bits per heavy atom. The molecule has 0 saturated carbocycles. The Labute approximate surface area is 99.3 Å². The van der Waals surface area contributed by atoms with Crippen LogP contribution in [0.2, 0.25) is 0 Å². The molecule has 1 aromatic heterocycles. The number of hydrogen-bond acceptors (Lipinski definition) is 5. The van der Waals surface area contributed by atoms with Crippen molar-refractivity contribution in [3.63, 3.8) is 0 Å². The molecule has 1 aromatic rings. The number of nitrogens with zero attached hydrogens (tertiary/aromatic N) is 3. The van der Waals surface area contributed by atoms with Crippen LogP contribution in [0.1, 0.15) is 12.8 Å². The molecule has 2 rings (SSSR count). The van der Waals surface area contributed by atoms with Crippen LogP contribution in [0, 0.1) is 0 Å². The van der Waals surface area contributed by atoms with Crippen LogP contribution in [-0.4, -0.2) is 40.7 Å². The van der Waals surface area contributed by atoms with Gasteiger partial charge in [-0.3, -0.25) is 0 Å². The summed E-state index contributed by atoms with van der Waals surface area (Å²) in [6, 6.07) is 0. The minimum atomic E-state index is -1.13. The molecule has 7 heteroatoms. The van der Waals surface area contributed by atoms with Gasteiger partial charge < -0.3 is 10.0 Å². The van der Waals surface area contributed by atoms with Gasteiger partial charge in [0.1, 0.15) is 6.67 Å². The van der Waals surface area contributed by atoms with Crippen molar-refractivity contribution in [3.05, 3.63) is 3.92 Å². The van der Waals surface area contributed by atoms with Crippen LogP contribution in [0.4, 0.5) is 9.52 Å². The largest absolute Gasteiger partial charge is 0.387 e. The van der Waals surface area contributed by atoms with Crippen molar-refractivity contribution in [2.45, 2.75) is 18.4 Å². The summed E-state index contributed by atoms with van der Waals surface area (Å²) in [5.74, 6) is 0. The van der Waals surface area contributed by atoms with E-state index in [0.717, 1.165) is 9.05 Å². The van der Waals surface area contributed by atoms with E-state index in [1.165, 1.54) is 11.3 Å². The molecule has 0 atom stereocenters. The highest BCUT2D eigenvalue weighted by molar-refractivity contribution is 9.11. The number of aliphatic hydroxyl groups is 1. The first-order chi connectivity index (χ1) is 7.13. The maximum absolute atomic E-state index is 12.5. The van der Waals surface area contributed by atoms with Crippen LogP contribution in [-0.2, 0) is 0 Å². The third-order valence-electron chi connectivity index (χ3n) is 2.60. The summed E-state index contributed by atoms with van der Waals surface area (Å²) in [6.07, 6.45) is 0.890. The van der Waals surface area contributed by atoms with Gasteiger partial charge in [-0.05, 0) is 28.8 Å². The Hall–Kier alpha value is -0.270. The first-order valence-electron chi connectivity index (χ1n) is 4.65. The number of alkyl halides is 1. The number of anilines is 1. The van der Waals surface area contributed by atoms with Gasteiger partial charge in [-0.2, -0.15) is 0 Å². The van der Waals surface area contributed by atoms with E-state index in [-0.39, 0.29) is 0 Å². The van der Waals surface area contributed by atoms with Crippen LogP contribution in [0.25, 0.3) is 0 Å². The number of rotatable bonds is 2. The second-order valence-corrected chi connectivity index (χ2v) is 5.91. The molecule has 1 aliphatic rings. The number of hydrogen-bond donors (Lipinski definition) is 1. The first kappa shape index (κ1) is 11.2. The molecule has 1 N–H and O–H groups in total. The summed E-state index contributed by atoms with van der Waals surface area (Å²) in [4.78, 5) is 2.02. The maximum atomic E-state index is 12.5. The molecule has 0 spiro atoms. The molecule has 0 aliphatic carbocycles. The molecular weight excluding hydrogens is 285 g/mol. The van der Waals surface area contributed by atoms with E-state index < -0.39 is 12.3 Å². The van der Waals surface area contributed by atoms with Gasteiger partial charge in [0.05, 0.1) is 5.60 Å². The highest BCUT2D eigenvalue weighted by atomic mass is 79.9. The summed E-state index contributed by atoms with van der Waals surface area (Å²) in [5.41, 5.74) is -1.13. The van der Waals surface area contributed by atoms with E-state index >= 15 is 0 Å². The molecule has 0 radical (unpaired) electrons. The zero-order chi connectivity index (χ0) is 10.9. The lowest BCUT2D eigenvalue weighted by atomic mass is 9.93. The van der Waals surface area contributed by atoms with Crippen LogP contribution >= 0.6 is 27.3 Å². The van der Waals surface area contributed by atoms with Crippen molar-refractivity contribution in [3.8, 4) is 0 Å². The minimum Gasteiger partial charge on any atom is -0.387 e. The molecule has 1 saturated heterocycles. The fraction of sp³-hybridized carbons (Fsp3) is 0.750. The highest BCUT2D eigenvalue weighted by Crippen LogP contribution is 2.29. The third kappa shape index (κ3) is 2.46. The van der Waals surface area contributed by atoms with Crippen molar-refractivity contribution < 1.29 is 9.50 Å². The number of halogens is 2. The highest BCUT2D eigenvalue weighted by Gasteiger charge is 2.33. The molecule has 2 heterocycles. The van der Waals surface area contributed by atoms with Gasteiger partial charge in [-0.1, -0.05) is 11.3 Å². The molecule has 0 amide bonds. The van der Waals surface area contributed by atoms with Crippen LogP contribution in [0.3, 0.4) is 0 Å². The minimum absolute atomic E-state index is 0.445. The second kappa shape index (κ2) is 4.31. The molecular formula is C8H11BrFN3OS. The molecule has 1 aliphatic heterocycles. The molecule has 0 unspecified atom stereocenters. The average molecular weight is 296 g/mol. The van der Waals surface area contributed by atoms with E-state index in [0.29, 0.717) is 25.9 Å². The van der Waals surface area contributed by atoms with Crippen LogP contribution < -0.4 is 4.90 Å². The molecule has 84 valence electrons. The Balaban J connectivity index is 1.99. The summed E-state index contributed by atoms with van der Waals surface area (Å²) < 4.78 is 13.2. The molecule has 1 fully saturated rings. The predicted octanol–water partition coefficient (Wildman–Crippen LogP) is 1.60. The monoisotopic (exact) mass is 295 g/mol. The summed E-state index contributed by atoms with van der Waals surface area (Å²) >= 11 is 4.69. The van der Waals surface area contributed by atoms with Gasteiger partial charge in [-0.25, -0.2) is 4.39 Å². The van der Waals surface area contributed by atoms with Gasteiger partial charge in [0.15, 0.2) is 3.92 Å². The topological polar surface area (TPSA) is 49.2 Å². The summed E-state index contributed by atoms with van der Waals surface area (Å²) in [7, 11) is 0. The average Bonchev–Trinajstić information content (AvgIpc) is 2.66. The zero-order valence-corrected chi connectivity index (χ0v) is 10.4. The lowest BCUT2D eigenvalue weighted by Gasteiger charge is -2.35. The van der Waals surface area contributed by atoms with E-state index in [2.05, 4.69) is 26.1 Å². The van der Waals surface area contributed by atoms with Crippen molar-refractivity contribution in [1.29, 1.82) is 0 Å². The fourth-order valence-electron chi connectivity index (χ4n) is 1.57. The summed E-state index contributed by atoms with van der Waals surface area (Å²) in [6.45, 7) is 0.588. The standard InChI is InChI=1S/C8H11BrFN3OS/c9-6-11-12-7(15-6)13-3-1-8(14,5-10)2-4-13/h14H,1-5H2. The SMILES string of the molecule is OC1(CF)CCN(c2nnc(Br)s2)CC1. The Morgan fingerprint density at radius 1 is 1.47 bits per heavy atom. The number of piperidine rings is 1. The van der Waals surface area contributed by atoms with E-state index in [1.807, 2.05) is 4.90 Å².